The molecule has 0 aliphatic carbocycles. The van der Waals surface area contributed by atoms with Gasteiger partial charge in [-0.3, -0.25) is 4.79 Å². The third-order valence-electron chi connectivity index (χ3n) is 2.58. The quantitative estimate of drug-likeness (QED) is 0.686. The molecule has 7 nitrogen and oxygen atoms in total. The Morgan fingerprint density at radius 1 is 1.47 bits per heavy atom. The predicted octanol–water partition coefficient (Wildman–Crippen LogP) is -0.328. The molecule has 7 heteroatoms. The zero-order chi connectivity index (χ0) is 14.6. The van der Waals surface area contributed by atoms with E-state index in [1.165, 1.54) is 4.90 Å². The zero-order valence-corrected chi connectivity index (χ0v) is 11.4. The highest BCUT2D eigenvalue weighted by atomic mass is 16.6. The molecule has 0 saturated carbocycles. The lowest BCUT2D eigenvalue weighted by Crippen LogP contribution is -2.44. The predicted molar refractivity (Wildman–Crippen MR) is 66.4 cm³/mol. The number of nitrogens with zero attached hydrogens (tertiary/aromatic N) is 1. The van der Waals surface area contributed by atoms with Crippen LogP contribution in [0.5, 0.6) is 0 Å². The number of hydrogen-bond donors (Lipinski definition) is 2. The van der Waals surface area contributed by atoms with Crippen LogP contribution in [-0.4, -0.2) is 59.1 Å². The Kier molecular flexibility index (Phi) is 4.88. The molecule has 1 aliphatic heterocycles. The van der Waals surface area contributed by atoms with Crippen LogP contribution in [0.3, 0.4) is 0 Å². The Bertz CT molecular complexity index is 364. The van der Waals surface area contributed by atoms with E-state index in [0.717, 1.165) is 0 Å². The van der Waals surface area contributed by atoms with Gasteiger partial charge >= 0.3 is 6.09 Å². The summed E-state index contributed by atoms with van der Waals surface area (Å²) in [5.41, 5.74) is -0.637. The number of hydrogen-bond acceptors (Lipinski definition) is 5. The minimum atomic E-state index is -0.694. The lowest BCUT2D eigenvalue weighted by atomic mass is 10.2. The van der Waals surface area contributed by atoms with Crippen LogP contribution in [0.15, 0.2) is 0 Å². The van der Waals surface area contributed by atoms with Gasteiger partial charge in [0.2, 0.25) is 5.91 Å². The number of carbonyl (C=O) groups excluding carboxylic acids is 3. The lowest BCUT2D eigenvalue weighted by Gasteiger charge is -2.22. The van der Waals surface area contributed by atoms with Crippen LogP contribution in [0.1, 0.15) is 27.2 Å². The average Bonchev–Trinajstić information content (AvgIpc) is 2.65. The van der Waals surface area contributed by atoms with E-state index in [1.54, 1.807) is 20.8 Å². The molecule has 0 radical (unpaired) electrons. The SMILES string of the molecule is CC(C)(C)OC(=O)NCC(=O)N1CC(O)C[C@H]1C=O. The van der Waals surface area contributed by atoms with E-state index in [-0.39, 0.29) is 19.5 Å². The second kappa shape index (κ2) is 6.01. The standard InChI is InChI=1S/C12H20N2O5/c1-12(2,3)19-11(18)13-5-10(17)14-6-9(16)4-8(14)7-15/h7-9,16H,4-6H2,1-3H3,(H,13,18)/t8-,9?/m0/s1. The van der Waals surface area contributed by atoms with Crippen LogP contribution in [0.2, 0.25) is 0 Å². The molecule has 108 valence electrons. The smallest absolute Gasteiger partial charge is 0.408 e. The third-order valence-corrected chi connectivity index (χ3v) is 2.58. The summed E-state index contributed by atoms with van der Waals surface area (Å²) in [4.78, 5) is 35.2. The van der Waals surface area contributed by atoms with Crippen molar-refractivity contribution in [1.29, 1.82) is 0 Å². The summed E-state index contributed by atoms with van der Waals surface area (Å²) < 4.78 is 4.99. The van der Waals surface area contributed by atoms with Crippen molar-refractivity contribution in [2.24, 2.45) is 0 Å². The first-order chi connectivity index (χ1) is 8.73. The minimum Gasteiger partial charge on any atom is -0.444 e. The summed E-state index contributed by atoms with van der Waals surface area (Å²) in [6.45, 7) is 5.00. The number of ether oxygens (including phenoxy) is 1. The van der Waals surface area contributed by atoms with Crippen molar-refractivity contribution < 1.29 is 24.2 Å². The monoisotopic (exact) mass is 272 g/mol. The first kappa shape index (κ1) is 15.4. The molecule has 2 atom stereocenters. The number of carbonyl (C=O) groups is 3. The fourth-order valence-electron chi connectivity index (χ4n) is 1.82. The number of amides is 2. The Morgan fingerprint density at radius 3 is 2.63 bits per heavy atom. The van der Waals surface area contributed by atoms with Crippen LogP contribution in [0.25, 0.3) is 0 Å². The van der Waals surface area contributed by atoms with Gasteiger partial charge in [0, 0.05) is 13.0 Å². The molecule has 1 aliphatic rings. The molecule has 0 aromatic heterocycles. The van der Waals surface area contributed by atoms with E-state index in [2.05, 4.69) is 5.32 Å². The molecular formula is C12H20N2O5. The summed E-state index contributed by atoms with van der Waals surface area (Å²) in [6, 6.07) is -0.622. The molecule has 1 rings (SSSR count). The maximum absolute atomic E-state index is 11.8. The second-order valence-corrected chi connectivity index (χ2v) is 5.49. The highest BCUT2D eigenvalue weighted by Gasteiger charge is 2.34. The van der Waals surface area contributed by atoms with Gasteiger partial charge in [-0.05, 0) is 20.8 Å². The summed E-state index contributed by atoms with van der Waals surface area (Å²) in [5.74, 6) is -0.417. The molecule has 1 heterocycles. The van der Waals surface area contributed by atoms with Crippen molar-refractivity contribution in [3.05, 3.63) is 0 Å². The van der Waals surface area contributed by atoms with Crippen molar-refractivity contribution in [2.75, 3.05) is 13.1 Å². The maximum Gasteiger partial charge on any atom is 0.408 e. The Morgan fingerprint density at radius 2 is 2.11 bits per heavy atom. The van der Waals surface area contributed by atoms with Crippen molar-refractivity contribution >= 4 is 18.3 Å². The molecule has 1 saturated heterocycles. The van der Waals surface area contributed by atoms with Crippen LogP contribution >= 0.6 is 0 Å². The number of β-amino-alcohol motifs (C(OH)–C–C–N with tert-alkyl or cyclic N) is 1. The molecule has 0 aromatic carbocycles. The third kappa shape index (κ3) is 4.86. The first-order valence-electron chi connectivity index (χ1n) is 6.12. The summed E-state index contributed by atoms with van der Waals surface area (Å²) in [5, 5.41) is 11.7. The van der Waals surface area contributed by atoms with Crippen molar-refractivity contribution in [2.45, 2.75) is 44.9 Å². The molecule has 19 heavy (non-hydrogen) atoms. The Hall–Kier alpha value is -1.63. The van der Waals surface area contributed by atoms with Gasteiger partial charge in [-0.2, -0.15) is 0 Å². The zero-order valence-electron chi connectivity index (χ0n) is 11.4. The van der Waals surface area contributed by atoms with E-state index < -0.39 is 29.7 Å². The van der Waals surface area contributed by atoms with Gasteiger partial charge in [0.05, 0.1) is 12.1 Å². The molecule has 0 aromatic rings. The van der Waals surface area contributed by atoms with Crippen LogP contribution < -0.4 is 5.32 Å². The van der Waals surface area contributed by atoms with E-state index in [9.17, 15) is 19.5 Å². The number of aliphatic hydroxyl groups excluding tert-OH is 1. The first-order valence-corrected chi connectivity index (χ1v) is 6.12. The van der Waals surface area contributed by atoms with Gasteiger partial charge in [0.15, 0.2) is 0 Å². The topological polar surface area (TPSA) is 95.9 Å². The summed E-state index contributed by atoms with van der Waals surface area (Å²) in [7, 11) is 0. The second-order valence-electron chi connectivity index (χ2n) is 5.49. The molecule has 0 spiro atoms. The highest BCUT2D eigenvalue weighted by molar-refractivity contribution is 5.85. The number of likely N-dealkylation sites (tertiary alicyclic amines) is 1. The summed E-state index contributed by atoms with van der Waals surface area (Å²) in [6.07, 6.45) is -0.521. The molecular weight excluding hydrogens is 252 g/mol. The number of alkyl carbamates (subject to hydrolysis) is 1. The van der Waals surface area contributed by atoms with Gasteiger partial charge in [-0.1, -0.05) is 0 Å². The van der Waals surface area contributed by atoms with Gasteiger partial charge in [0.25, 0.3) is 0 Å². The Balaban J connectivity index is 2.43. The number of aliphatic hydroxyl groups is 1. The van der Waals surface area contributed by atoms with E-state index in [4.69, 9.17) is 4.74 Å². The molecule has 2 N–H and O–H groups in total. The van der Waals surface area contributed by atoms with Crippen LogP contribution in [0.4, 0.5) is 4.79 Å². The number of aldehydes is 1. The van der Waals surface area contributed by atoms with Crippen LogP contribution in [0, 0.1) is 0 Å². The number of rotatable bonds is 3. The average molecular weight is 272 g/mol. The van der Waals surface area contributed by atoms with Gasteiger partial charge in [-0.25, -0.2) is 4.79 Å². The van der Waals surface area contributed by atoms with Crippen molar-refractivity contribution in [3.63, 3.8) is 0 Å². The fourth-order valence-corrected chi connectivity index (χ4v) is 1.82. The van der Waals surface area contributed by atoms with Gasteiger partial charge in [0.1, 0.15) is 18.4 Å². The van der Waals surface area contributed by atoms with Crippen molar-refractivity contribution in [1.82, 2.24) is 10.2 Å². The summed E-state index contributed by atoms with van der Waals surface area (Å²) >= 11 is 0. The van der Waals surface area contributed by atoms with E-state index in [1.807, 2.05) is 0 Å². The fraction of sp³-hybridized carbons (Fsp3) is 0.750. The van der Waals surface area contributed by atoms with Gasteiger partial charge < -0.3 is 24.9 Å². The maximum atomic E-state index is 11.8. The van der Waals surface area contributed by atoms with Gasteiger partial charge in [-0.15, -0.1) is 0 Å². The molecule has 0 bridgehead atoms. The number of nitrogens with one attached hydrogen (secondary N) is 1. The lowest BCUT2D eigenvalue weighted by molar-refractivity contribution is -0.133. The largest absolute Gasteiger partial charge is 0.444 e. The van der Waals surface area contributed by atoms with Crippen molar-refractivity contribution in [3.8, 4) is 0 Å². The molecule has 1 unspecified atom stereocenters. The van der Waals surface area contributed by atoms with E-state index >= 15 is 0 Å². The molecule has 2 amide bonds. The normalized spacial score (nSPS) is 23.1. The molecule has 1 fully saturated rings. The highest BCUT2D eigenvalue weighted by Crippen LogP contribution is 2.16. The minimum absolute atomic E-state index is 0.109. The van der Waals surface area contributed by atoms with E-state index in [0.29, 0.717) is 6.29 Å². The Labute approximate surface area is 111 Å². The van der Waals surface area contributed by atoms with Crippen LogP contribution in [-0.2, 0) is 14.3 Å².